The van der Waals surface area contributed by atoms with E-state index in [0.717, 1.165) is 0 Å². The molecular weight excluding hydrogens is 368 g/mol. The van der Waals surface area contributed by atoms with E-state index >= 15 is 0 Å². The molecule has 0 fully saturated rings. The molecule has 126 valence electrons. The van der Waals surface area contributed by atoms with Gasteiger partial charge in [-0.25, -0.2) is 4.79 Å². The first kappa shape index (κ1) is 19.1. The van der Waals surface area contributed by atoms with Crippen LogP contribution in [0.5, 0.6) is 0 Å². The third-order valence-corrected chi connectivity index (χ3v) is 3.34. The SMILES string of the molecule is CC(C)(C)NC(=O)O[C@@H](Cc1ccc([N+](=O)[O-])cc1)C(=O)CBr. The Labute approximate surface area is 142 Å². The summed E-state index contributed by atoms with van der Waals surface area (Å²) in [4.78, 5) is 33.9. The van der Waals surface area contributed by atoms with Gasteiger partial charge in [-0.15, -0.1) is 0 Å². The largest absolute Gasteiger partial charge is 0.438 e. The van der Waals surface area contributed by atoms with Crippen LogP contribution in [0.4, 0.5) is 10.5 Å². The maximum atomic E-state index is 11.9. The molecule has 0 saturated carbocycles. The molecule has 8 heteroatoms. The average Bonchev–Trinajstić information content (AvgIpc) is 2.44. The predicted octanol–water partition coefficient (Wildman–Crippen LogP) is 2.99. The summed E-state index contributed by atoms with van der Waals surface area (Å²) in [5.41, 5.74) is 0.147. The first-order valence-electron chi connectivity index (χ1n) is 6.93. The highest BCUT2D eigenvalue weighted by molar-refractivity contribution is 9.09. The Hall–Kier alpha value is -1.96. The van der Waals surface area contributed by atoms with Crippen molar-refractivity contribution < 1.29 is 19.2 Å². The molecule has 0 spiro atoms. The van der Waals surface area contributed by atoms with Crippen LogP contribution in [-0.4, -0.2) is 33.8 Å². The second kappa shape index (κ2) is 8.05. The second-order valence-electron chi connectivity index (χ2n) is 6.00. The van der Waals surface area contributed by atoms with Crippen molar-refractivity contribution in [2.45, 2.75) is 38.8 Å². The fourth-order valence-electron chi connectivity index (χ4n) is 1.74. The van der Waals surface area contributed by atoms with E-state index in [4.69, 9.17) is 4.74 Å². The molecule has 0 heterocycles. The van der Waals surface area contributed by atoms with E-state index < -0.39 is 22.7 Å². The van der Waals surface area contributed by atoms with Crippen molar-refractivity contribution in [1.29, 1.82) is 0 Å². The van der Waals surface area contributed by atoms with Gasteiger partial charge in [0.1, 0.15) is 0 Å². The maximum absolute atomic E-state index is 11.9. The Bertz CT molecular complexity index is 581. The summed E-state index contributed by atoms with van der Waals surface area (Å²) in [7, 11) is 0. The molecule has 7 nitrogen and oxygen atoms in total. The van der Waals surface area contributed by atoms with Gasteiger partial charge < -0.3 is 10.1 Å². The number of alkyl halides is 1. The molecule has 1 aromatic rings. The van der Waals surface area contributed by atoms with Gasteiger partial charge in [0, 0.05) is 24.1 Å². The Morgan fingerprint density at radius 3 is 2.30 bits per heavy atom. The topological polar surface area (TPSA) is 98.5 Å². The van der Waals surface area contributed by atoms with Gasteiger partial charge in [-0.2, -0.15) is 0 Å². The summed E-state index contributed by atoms with van der Waals surface area (Å²) >= 11 is 3.06. The van der Waals surface area contributed by atoms with Crippen molar-refractivity contribution in [2.24, 2.45) is 0 Å². The zero-order chi connectivity index (χ0) is 17.6. The summed E-state index contributed by atoms with van der Waals surface area (Å²) < 4.78 is 5.20. The van der Waals surface area contributed by atoms with Crippen molar-refractivity contribution in [1.82, 2.24) is 5.32 Å². The van der Waals surface area contributed by atoms with Crippen molar-refractivity contribution in [3.05, 3.63) is 39.9 Å². The first-order valence-corrected chi connectivity index (χ1v) is 8.05. The van der Waals surface area contributed by atoms with E-state index in [2.05, 4.69) is 21.2 Å². The number of non-ortho nitro benzene ring substituents is 1. The number of carbonyl (C=O) groups excluding carboxylic acids is 2. The number of nitro benzene ring substituents is 1. The van der Waals surface area contributed by atoms with Gasteiger partial charge in [-0.05, 0) is 26.3 Å². The lowest BCUT2D eigenvalue weighted by Crippen LogP contribution is -2.44. The Balaban J connectivity index is 2.80. The fraction of sp³-hybridized carbons (Fsp3) is 0.467. The maximum Gasteiger partial charge on any atom is 0.408 e. The van der Waals surface area contributed by atoms with E-state index in [1.165, 1.54) is 24.3 Å². The number of nitro groups is 1. The molecule has 0 aliphatic rings. The van der Waals surface area contributed by atoms with Crippen LogP contribution in [0, 0.1) is 10.1 Å². The van der Waals surface area contributed by atoms with Crippen LogP contribution in [0.2, 0.25) is 0 Å². The Kier molecular flexibility index (Phi) is 6.68. The van der Waals surface area contributed by atoms with E-state index in [9.17, 15) is 19.7 Å². The van der Waals surface area contributed by atoms with Gasteiger partial charge in [-0.3, -0.25) is 14.9 Å². The number of alkyl carbamates (subject to hydrolysis) is 1. The number of hydrogen-bond acceptors (Lipinski definition) is 5. The highest BCUT2D eigenvalue weighted by Gasteiger charge is 2.24. The smallest absolute Gasteiger partial charge is 0.408 e. The van der Waals surface area contributed by atoms with Crippen LogP contribution >= 0.6 is 15.9 Å². The molecule has 0 bridgehead atoms. The predicted molar refractivity (Wildman–Crippen MR) is 88.8 cm³/mol. The first-order chi connectivity index (χ1) is 10.6. The van der Waals surface area contributed by atoms with Crippen LogP contribution in [0.15, 0.2) is 24.3 Å². The molecule has 1 amide bonds. The summed E-state index contributed by atoms with van der Waals surface area (Å²) in [6.07, 6.45) is -1.49. The van der Waals surface area contributed by atoms with E-state index in [-0.39, 0.29) is 23.2 Å². The van der Waals surface area contributed by atoms with Gasteiger partial charge in [0.05, 0.1) is 10.3 Å². The van der Waals surface area contributed by atoms with Gasteiger partial charge in [0.2, 0.25) is 0 Å². The molecule has 23 heavy (non-hydrogen) atoms. The molecule has 1 atom stereocenters. The summed E-state index contributed by atoms with van der Waals surface area (Å²) in [6, 6.07) is 5.77. The number of amides is 1. The molecule has 0 aromatic heterocycles. The number of ether oxygens (including phenoxy) is 1. The van der Waals surface area contributed by atoms with Crippen molar-refractivity contribution in [3.8, 4) is 0 Å². The zero-order valence-electron chi connectivity index (χ0n) is 13.2. The summed E-state index contributed by atoms with van der Waals surface area (Å²) in [6.45, 7) is 5.39. The van der Waals surface area contributed by atoms with Crippen molar-refractivity contribution in [2.75, 3.05) is 5.33 Å². The van der Waals surface area contributed by atoms with Gasteiger partial charge in [0.15, 0.2) is 11.9 Å². The fourth-order valence-corrected chi connectivity index (χ4v) is 2.10. The molecule has 1 aromatic carbocycles. The lowest BCUT2D eigenvalue weighted by molar-refractivity contribution is -0.384. The number of rotatable bonds is 6. The number of benzene rings is 1. The minimum atomic E-state index is -0.960. The third-order valence-electron chi connectivity index (χ3n) is 2.79. The molecule has 0 unspecified atom stereocenters. The van der Waals surface area contributed by atoms with Crippen LogP contribution in [0.3, 0.4) is 0 Å². The monoisotopic (exact) mass is 386 g/mol. The molecule has 0 aliphatic heterocycles. The number of halogens is 1. The van der Waals surface area contributed by atoms with Crippen LogP contribution < -0.4 is 5.32 Å². The second-order valence-corrected chi connectivity index (χ2v) is 6.56. The standard InChI is InChI=1S/C15H19BrN2O5/c1-15(2,3)17-14(20)23-13(12(19)9-16)8-10-4-6-11(7-5-10)18(21)22/h4-7,13H,8-9H2,1-3H3,(H,17,20)/t13-/m0/s1. The number of nitrogens with zero attached hydrogens (tertiary/aromatic N) is 1. The summed E-state index contributed by atoms with van der Waals surface area (Å²) in [5, 5.41) is 13.3. The van der Waals surface area contributed by atoms with E-state index in [1.807, 2.05) is 0 Å². The summed E-state index contributed by atoms with van der Waals surface area (Å²) in [5.74, 6) is -0.285. The number of Topliss-reactive ketones (excluding diaryl/α,β-unsaturated/α-hetero) is 1. The average molecular weight is 387 g/mol. The van der Waals surface area contributed by atoms with Crippen LogP contribution in [-0.2, 0) is 16.0 Å². The van der Waals surface area contributed by atoms with Gasteiger partial charge >= 0.3 is 6.09 Å². The molecule has 0 saturated heterocycles. The number of hydrogen-bond donors (Lipinski definition) is 1. The van der Waals surface area contributed by atoms with Gasteiger partial charge in [-0.1, -0.05) is 28.1 Å². The Morgan fingerprint density at radius 2 is 1.87 bits per heavy atom. The Morgan fingerprint density at radius 1 is 1.30 bits per heavy atom. The highest BCUT2D eigenvalue weighted by atomic mass is 79.9. The number of nitrogens with one attached hydrogen (secondary N) is 1. The van der Waals surface area contributed by atoms with Crippen LogP contribution in [0.25, 0.3) is 0 Å². The highest BCUT2D eigenvalue weighted by Crippen LogP contribution is 2.15. The van der Waals surface area contributed by atoms with E-state index in [1.54, 1.807) is 20.8 Å². The van der Waals surface area contributed by atoms with Crippen molar-refractivity contribution >= 4 is 33.5 Å². The third kappa shape index (κ3) is 6.77. The van der Waals surface area contributed by atoms with E-state index in [0.29, 0.717) is 5.56 Å². The lowest BCUT2D eigenvalue weighted by Gasteiger charge is -2.23. The van der Waals surface area contributed by atoms with Crippen LogP contribution in [0.1, 0.15) is 26.3 Å². The number of ketones is 1. The quantitative estimate of drug-likeness (QED) is 0.460. The number of carbonyl (C=O) groups is 2. The van der Waals surface area contributed by atoms with Crippen molar-refractivity contribution in [3.63, 3.8) is 0 Å². The molecule has 0 radical (unpaired) electrons. The zero-order valence-corrected chi connectivity index (χ0v) is 14.8. The van der Waals surface area contributed by atoms with Gasteiger partial charge in [0.25, 0.3) is 5.69 Å². The molecule has 1 rings (SSSR count). The molecule has 0 aliphatic carbocycles. The lowest BCUT2D eigenvalue weighted by atomic mass is 10.1. The normalized spacial score (nSPS) is 12.3. The minimum absolute atomic E-state index is 0.0384. The molecule has 1 N–H and O–H groups in total. The molecular formula is C15H19BrN2O5. The minimum Gasteiger partial charge on any atom is -0.438 e.